The molecule has 1 aliphatic rings. The molecule has 0 aromatic rings. The molecule has 1 unspecified atom stereocenters. The van der Waals surface area contributed by atoms with Crippen molar-refractivity contribution < 1.29 is 18.1 Å². The molecule has 1 aliphatic carbocycles. The van der Waals surface area contributed by atoms with E-state index in [1.165, 1.54) is 64.2 Å². The maximum Gasteiger partial charge on any atom is 0.402 e. The van der Waals surface area contributed by atoms with Gasteiger partial charge in [0.2, 0.25) is 0 Å². The lowest BCUT2D eigenvalue weighted by molar-refractivity contribution is -0.139. The van der Waals surface area contributed by atoms with E-state index in [9.17, 15) is 4.79 Å². The summed E-state index contributed by atoms with van der Waals surface area (Å²) in [7, 11) is -0.536. The summed E-state index contributed by atoms with van der Waals surface area (Å²) in [6, 6.07) is 2.28. The van der Waals surface area contributed by atoms with Gasteiger partial charge in [0.05, 0.1) is 0 Å². The largest absolute Gasteiger partial charge is 0.518 e. The summed E-state index contributed by atoms with van der Waals surface area (Å²) < 4.78 is 17.9. The SMILES string of the molecule is CCCCC[Si](CCCCC)(OC(=O)C(C)(CC)[Si](OC)OC)C1CCCC1. The first-order valence-electron chi connectivity index (χ1n) is 11.6. The van der Waals surface area contributed by atoms with Crippen molar-refractivity contribution in [3.63, 3.8) is 0 Å². The Bertz CT molecular complexity index is 426. The number of unbranched alkanes of at least 4 members (excludes halogenated alkanes) is 4. The van der Waals surface area contributed by atoms with Gasteiger partial charge in [0.1, 0.15) is 5.04 Å². The fourth-order valence-corrected chi connectivity index (χ4v) is 11.6. The fraction of sp³-hybridized carbons (Fsp3) is 0.955. The Kier molecular flexibility index (Phi) is 12.2. The van der Waals surface area contributed by atoms with Crippen molar-refractivity contribution >= 4 is 23.6 Å². The van der Waals surface area contributed by atoms with Gasteiger partial charge in [-0.2, -0.15) is 0 Å². The lowest BCUT2D eigenvalue weighted by atomic mass is 10.1. The van der Waals surface area contributed by atoms with Crippen LogP contribution in [0.5, 0.6) is 0 Å². The number of carbonyl (C=O) groups is 1. The number of hydrogen-bond donors (Lipinski definition) is 0. The predicted molar refractivity (Wildman–Crippen MR) is 121 cm³/mol. The summed E-state index contributed by atoms with van der Waals surface area (Å²) in [4.78, 5) is 13.6. The third-order valence-corrected chi connectivity index (χ3v) is 14.0. The minimum absolute atomic E-state index is 0.0425. The van der Waals surface area contributed by atoms with Crippen LogP contribution in [0.4, 0.5) is 0 Å². The van der Waals surface area contributed by atoms with Gasteiger partial charge in [0, 0.05) is 14.2 Å². The monoisotopic (exact) mass is 429 g/mol. The second-order valence-electron chi connectivity index (χ2n) is 8.73. The summed E-state index contributed by atoms with van der Waals surface area (Å²) >= 11 is 0. The van der Waals surface area contributed by atoms with E-state index in [2.05, 4.69) is 20.8 Å². The van der Waals surface area contributed by atoms with Crippen LogP contribution < -0.4 is 0 Å². The smallest absolute Gasteiger partial charge is 0.402 e. The van der Waals surface area contributed by atoms with Crippen LogP contribution >= 0.6 is 0 Å². The lowest BCUT2D eigenvalue weighted by Crippen LogP contribution is -2.50. The first-order chi connectivity index (χ1) is 13.4. The molecule has 1 radical (unpaired) electrons. The van der Waals surface area contributed by atoms with E-state index in [0.717, 1.165) is 12.1 Å². The minimum atomic E-state index is -2.14. The summed E-state index contributed by atoms with van der Waals surface area (Å²) in [5.41, 5.74) is 0.645. The molecule has 0 N–H and O–H groups in total. The molecule has 0 aliphatic heterocycles. The van der Waals surface area contributed by atoms with E-state index >= 15 is 0 Å². The molecule has 4 nitrogen and oxygen atoms in total. The van der Waals surface area contributed by atoms with Crippen molar-refractivity contribution in [2.75, 3.05) is 14.2 Å². The minimum Gasteiger partial charge on any atom is -0.518 e. The first-order valence-corrected chi connectivity index (χ1v) is 15.3. The van der Waals surface area contributed by atoms with E-state index in [1.54, 1.807) is 14.2 Å². The molecule has 28 heavy (non-hydrogen) atoms. The van der Waals surface area contributed by atoms with Crippen molar-refractivity contribution in [3.8, 4) is 0 Å². The average Bonchev–Trinajstić information content (AvgIpc) is 3.24. The third-order valence-electron chi connectivity index (χ3n) is 6.78. The molecule has 1 saturated carbocycles. The topological polar surface area (TPSA) is 44.8 Å². The summed E-state index contributed by atoms with van der Waals surface area (Å²) in [6.07, 6.45) is 13.1. The molecule has 1 rings (SSSR count). The highest BCUT2D eigenvalue weighted by Crippen LogP contribution is 2.47. The van der Waals surface area contributed by atoms with Crippen LogP contribution in [0.15, 0.2) is 0 Å². The Morgan fingerprint density at radius 2 is 1.46 bits per heavy atom. The first kappa shape index (κ1) is 25.9. The molecule has 0 spiro atoms. The second-order valence-corrected chi connectivity index (χ2v) is 15.4. The number of hydrogen-bond acceptors (Lipinski definition) is 4. The molecule has 6 heteroatoms. The number of rotatable bonds is 15. The fourth-order valence-electron chi connectivity index (χ4n) is 4.72. The Labute approximate surface area is 177 Å². The Morgan fingerprint density at radius 1 is 0.964 bits per heavy atom. The molecular weight excluding hydrogens is 384 g/mol. The van der Waals surface area contributed by atoms with Crippen LogP contribution in [0.3, 0.4) is 0 Å². The highest BCUT2D eigenvalue weighted by molar-refractivity contribution is 6.77. The molecular formula is C22H45O4Si2. The lowest BCUT2D eigenvalue weighted by Gasteiger charge is -2.40. The van der Waals surface area contributed by atoms with Gasteiger partial charge in [0.15, 0.2) is 0 Å². The molecule has 0 aromatic heterocycles. The van der Waals surface area contributed by atoms with Crippen LogP contribution in [0.2, 0.25) is 22.7 Å². The Balaban J connectivity index is 3.13. The van der Waals surface area contributed by atoms with Crippen LogP contribution in [0, 0.1) is 0 Å². The van der Waals surface area contributed by atoms with E-state index in [4.69, 9.17) is 13.3 Å². The summed E-state index contributed by atoms with van der Waals surface area (Å²) in [5.74, 6) is -0.0425. The van der Waals surface area contributed by atoms with E-state index < -0.39 is 22.6 Å². The van der Waals surface area contributed by atoms with E-state index in [-0.39, 0.29) is 5.97 Å². The molecule has 0 heterocycles. The molecule has 1 atom stereocenters. The van der Waals surface area contributed by atoms with Crippen LogP contribution in [-0.2, 0) is 18.1 Å². The van der Waals surface area contributed by atoms with Crippen molar-refractivity contribution in [1.82, 2.24) is 0 Å². The third kappa shape index (κ3) is 6.68. The predicted octanol–water partition coefficient (Wildman–Crippen LogP) is 6.75. The van der Waals surface area contributed by atoms with Gasteiger partial charge in [-0.25, -0.2) is 0 Å². The van der Waals surface area contributed by atoms with Crippen LogP contribution in [0.25, 0.3) is 0 Å². The zero-order valence-electron chi connectivity index (χ0n) is 19.4. The summed E-state index contributed by atoms with van der Waals surface area (Å²) in [5, 5.41) is -0.652. The highest BCUT2D eigenvalue weighted by atomic mass is 28.4. The maximum atomic E-state index is 13.6. The zero-order valence-corrected chi connectivity index (χ0v) is 21.4. The van der Waals surface area contributed by atoms with Gasteiger partial charge >= 0.3 is 9.28 Å². The standard InChI is InChI=1S/C22H45O4Si2/c1-7-10-14-18-28(19-15-11-8-2,20-16-12-13-17-20)26-21(23)22(4,9-3)27(24-5)25-6/h20H,7-19H2,1-6H3. The molecule has 165 valence electrons. The molecule has 0 bridgehead atoms. The molecule has 1 fully saturated rings. The normalized spacial score (nSPS) is 17.8. The van der Waals surface area contributed by atoms with Gasteiger partial charge < -0.3 is 13.3 Å². The van der Waals surface area contributed by atoms with Gasteiger partial charge in [0.25, 0.3) is 14.3 Å². The van der Waals surface area contributed by atoms with Crippen molar-refractivity contribution in [2.24, 2.45) is 0 Å². The van der Waals surface area contributed by atoms with E-state index in [0.29, 0.717) is 12.0 Å². The van der Waals surface area contributed by atoms with Crippen molar-refractivity contribution in [2.45, 2.75) is 121 Å². The van der Waals surface area contributed by atoms with Gasteiger partial charge in [-0.1, -0.05) is 72.1 Å². The summed E-state index contributed by atoms with van der Waals surface area (Å²) in [6.45, 7) is 8.54. The number of carbonyl (C=O) groups excluding carboxylic acids is 1. The Hall–Kier alpha value is -0.176. The quantitative estimate of drug-likeness (QED) is 0.213. The van der Waals surface area contributed by atoms with Crippen molar-refractivity contribution in [1.29, 1.82) is 0 Å². The van der Waals surface area contributed by atoms with Crippen molar-refractivity contribution in [3.05, 3.63) is 0 Å². The van der Waals surface area contributed by atoms with Gasteiger partial charge in [-0.15, -0.1) is 0 Å². The zero-order chi connectivity index (χ0) is 21.0. The van der Waals surface area contributed by atoms with Gasteiger partial charge in [-0.3, -0.25) is 4.79 Å². The van der Waals surface area contributed by atoms with Crippen LogP contribution in [-0.4, -0.2) is 37.8 Å². The molecule has 0 amide bonds. The van der Waals surface area contributed by atoms with E-state index in [1.807, 2.05) is 6.92 Å². The average molecular weight is 430 g/mol. The second kappa shape index (κ2) is 13.2. The Morgan fingerprint density at radius 3 is 1.86 bits per heavy atom. The molecule has 0 aromatic carbocycles. The van der Waals surface area contributed by atoms with Gasteiger partial charge in [-0.05, 0) is 43.8 Å². The van der Waals surface area contributed by atoms with Crippen LogP contribution in [0.1, 0.15) is 98.3 Å². The molecule has 0 saturated heterocycles. The highest BCUT2D eigenvalue weighted by Gasteiger charge is 2.52. The maximum absolute atomic E-state index is 13.6.